The summed E-state index contributed by atoms with van der Waals surface area (Å²) in [4.78, 5) is 0. The highest BCUT2D eigenvalue weighted by Gasteiger charge is 2.20. The molecule has 0 saturated carbocycles. The van der Waals surface area contributed by atoms with Crippen molar-refractivity contribution in [2.75, 3.05) is 0 Å². The Hall–Kier alpha value is -4.62. The van der Waals surface area contributed by atoms with Crippen LogP contribution in [0.15, 0.2) is 127 Å². The Balaban J connectivity index is 1.75. The number of para-hydroxylation sites is 1. The van der Waals surface area contributed by atoms with E-state index in [4.69, 9.17) is 0 Å². The Morgan fingerprint density at radius 1 is 0.371 bits per heavy atom. The van der Waals surface area contributed by atoms with E-state index in [1.54, 1.807) is 0 Å². The first-order chi connectivity index (χ1) is 17.4. The number of nitrogens with zero attached hydrogens (tertiary/aromatic N) is 1. The fourth-order valence-corrected chi connectivity index (χ4v) is 6.03. The second kappa shape index (κ2) is 6.94. The molecule has 0 aliphatic rings. The van der Waals surface area contributed by atoms with Gasteiger partial charge >= 0.3 is 0 Å². The first-order valence-electron chi connectivity index (χ1n) is 12.1. The van der Waals surface area contributed by atoms with E-state index in [-0.39, 0.29) is 0 Å². The Bertz CT molecular complexity index is 2100. The van der Waals surface area contributed by atoms with Gasteiger partial charge in [0.1, 0.15) is 0 Å². The molecule has 1 nitrogen and oxygen atoms in total. The van der Waals surface area contributed by atoms with E-state index in [9.17, 15) is 0 Å². The standard InChI is InChI=1S/C34H21N/c1-2-12-25(13-3-1)35-31-19-18-24-20-22-10-4-5-11-23(22)21-30(24)32(31)33-28-16-8-6-14-26(28)27-15-7-9-17-29(27)34(33)35/h1-21H. The highest BCUT2D eigenvalue weighted by molar-refractivity contribution is 6.36. The predicted octanol–water partition coefficient (Wildman–Crippen LogP) is 9.40. The average molecular weight is 444 g/mol. The summed E-state index contributed by atoms with van der Waals surface area (Å²) >= 11 is 0. The number of rotatable bonds is 1. The number of aromatic nitrogens is 1. The lowest BCUT2D eigenvalue weighted by Gasteiger charge is -2.12. The van der Waals surface area contributed by atoms with Crippen LogP contribution in [0.1, 0.15) is 0 Å². The molecule has 8 aromatic rings. The highest BCUT2D eigenvalue weighted by atomic mass is 15.0. The van der Waals surface area contributed by atoms with Crippen molar-refractivity contribution < 1.29 is 0 Å². The first kappa shape index (κ1) is 18.8. The molecule has 0 amide bonds. The highest BCUT2D eigenvalue weighted by Crippen LogP contribution is 2.45. The van der Waals surface area contributed by atoms with Gasteiger partial charge in [-0.15, -0.1) is 0 Å². The van der Waals surface area contributed by atoms with Crippen LogP contribution in [-0.4, -0.2) is 4.57 Å². The number of hydrogen-bond donors (Lipinski definition) is 0. The van der Waals surface area contributed by atoms with Crippen LogP contribution in [0.5, 0.6) is 0 Å². The largest absolute Gasteiger partial charge is 0.309 e. The lowest BCUT2D eigenvalue weighted by Crippen LogP contribution is -1.94. The van der Waals surface area contributed by atoms with Gasteiger partial charge in [-0.05, 0) is 68.0 Å². The summed E-state index contributed by atoms with van der Waals surface area (Å²) < 4.78 is 2.47. The molecule has 0 aliphatic heterocycles. The van der Waals surface area contributed by atoms with Gasteiger partial charge in [-0.3, -0.25) is 0 Å². The van der Waals surface area contributed by atoms with E-state index in [0.29, 0.717) is 0 Å². The van der Waals surface area contributed by atoms with Gasteiger partial charge in [0.25, 0.3) is 0 Å². The van der Waals surface area contributed by atoms with Crippen LogP contribution >= 0.6 is 0 Å². The van der Waals surface area contributed by atoms with Crippen LogP contribution in [0.25, 0.3) is 70.6 Å². The van der Waals surface area contributed by atoms with E-state index in [1.807, 2.05) is 0 Å². The summed E-state index contributed by atoms with van der Waals surface area (Å²) in [5, 5.41) is 13.0. The Morgan fingerprint density at radius 2 is 0.971 bits per heavy atom. The fraction of sp³-hybridized carbons (Fsp3) is 0. The Labute approximate surface area is 202 Å². The van der Waals surface area contributed by atoms with Crippen LogP contribution in [0.2, 0.25) is 0 Å². The summed E-state index contributed by atoms with van der Waals surface area (Å²) in [6, 6.07) is 46.5. The molecule has 0 spiro atoms. The summed E-state index contributed by atoms with van der Waals surface area (Å²) in [6.07, 6.45) is 0. The minimum absolute atomic E-state index is 1.19. The molecule has 0 radical (unpaired) electrons. The first-order valence-corrected chi connectivity index (χ1v) is 12.1. The monoisotopic (exact) mass is 443 g/mol. The van der Waals surface area contributed by atoms with Gasteiger partial charge in [0.15, 0.2) is 0 Å². The molecular weight excluding hydrogens is 422 g/mol. The quantitative estimate of drug-likeness (QED) is 0.176. The molecule has 0 unspecified atom stereocenters. The minimum Gasteiger partial charge on any atom is -0.309 e. The van der Waals surface area contributed by atoms with Gasteiger partial charge in [-0.2, -0.15) is 0 Å². The maximum Gasteiger partial charge on any atom is 0.0626 e. The molecule has 7 aromatic carbocycles. The summed E-state index contributed by atoms with van der Waals surface area (Å²) in [6.45, 7) is 0. The molecule has 0 N–H and O–H groups in total. The van der Waals surface area contributed by atoms with Gasteiger partial charge in [0.05, 0.1) is 11.0 Å². The van der Waals surface area contributed by atoms with Crippen molar-refractivity contribution in [2.45, 2.75) is 0 Å². The van der Waals surface area contributed by atoms with Crippen LogP contribution in [-0.2, 0) is 0 Å². The van der Waals surface area contributed by atoms with Crippen molar-refractivity contribution >= 4 is 64.9 Å². The van der Waals surface area contributed by atoms with Gasteiger partial charge < -0.3 is 4.57 Å². The van der Waals surface area contributed by atoms with Crippen molar-refractivity contribution in [3.8, 4) is 5.69 Å². The summed E-state index contributed by atoms with van der Waals surface area (Å²) in [7, 11) is 0. The van der Waals surface area contributed by atoms with E-state index < -0.39 is 0 Å². The van der Waals surface area contributed by atoms with Crippen LogP contribution in [0.4, 0.5) is 0 Å². The predicted molar refractivity (Wildman–Crippen MR) is 151 cm³/mol. The van der Waals surface area contributed by atoms with Gasteiger partial charge in [-0.25, -0.2) is 0 Å². The molecule has 0 bridgehead atoms. The molecule has 35 heavy (non-hydrogen) atoms. The van der Waals surface area contributed by atoms with Crippen molar-refractivity contribution in [1.29, 1.82) is 0 Å². The maximum atomic E-state index is 2.47. The van der Waals surface area contributed by atoms with Crippen LogP contribution < -0.4 is 0 Å². The van der Waals surface area contributed by atoms with Crippen molar-refractivity contribution in [2.24, 2.45) is 0 Å². The summed E-state index contributed by atoms with van der Waals surface area (Å²) in [5.41, 5.74) is 3.71. The second-order valence-electron chi connectivity index (χ2n) is 9.37. The minimum atomic E-state index is 1.19. The van der Waals surface area contributed by atoms with Crippen molar-refractivity contribution in [3.05, 3.63) is 127 Å². The zero-order valence-corrected chi connectivity index (χ0v) is 19.1. The third-order valence-corrected chi connectivity index (χ3v) is 7.50. The van der Waals surface area contributed by atoms with E-state index in [0.717, 1.165) is 0 Å². The zero-order chi connectivity index (χ0) is 22.9. The van der Waals surface area contributed by atoms with Gasteiger partial charge in [0.2, 0.25) is 0 Å². The van der Waals surface area contributed by atoms with E-state index in [1.165, 1.54) is 70.6 Å². The topological polar surface area (TPSA) is 4.93 Å². The lowest BCUT2D eigenvalue weighted by molar-refractivity contribution is 1.19. The van der Waals surface area contributed by atoms with Gasteiger partial charge in [0, 0.05) is 21.8 Å². The summed E-state index contributed by atoms with van der Waals surface area (Å²) in [5.74, 6) is 0. The number of fused-ring (bicyclic) bond motifs is 11. The Kier molecular flexibility index (Phi) is 3.72. The van der Waals surface area contributed by atoms with E-state index >= 15 is 0 Å². The SMILES string of the molecule is c1ccc(-n2c3ccc4cc5ccccc5cc4c3c3c4ccccc4c4ccccc4c32)cc1. The molecule has 0 atom stereocenters. The molecular formula is C34H21N. The third-order valence-electron chi connectivity index (χ3n) is 7.50. The zero-order valence-electron chi connectivity index (χ0n) is 19.1. The molecule has 8 rings (SSSR count). The smallest absolute Gasteiger partial charge is 0.0626 e. The maximum absolute atomic E-state index is 2.47. The second-order valence-corrected chi connectivity index (χ2v) is 9.37. The van der Waals surface area contributed by atoms with Crippen molar-refractivity contribution in [3.63, 3.8) is 0 Å². The molecule has 0 aliphatic carbocycles. The van der Waals surface area contributed by atoms with Crippen LogP contribution in [0.3, 0.4) is 0 Å². The fourth-order valence-electron chi connectivity index (χ4n) is 6.03. The molecule has 1 heterocycles. The van der Waals surface area contributed by atoms with E-state index in [2.05, 4.69) is 132 Å². The molecule has 1 heteroatoms. The molecule has 162 valence electrons. The molecule has 0 saturated heterocycles. The molecule has 1 aromatic heterocycles. The van der Waals surface area contributed by atoms with Gasteiger partial charge in [-0.1, -0.05) is 97.1 Å². The number of hydrogen-bond acceptors (Lipinski definition) is 0. The third kappa shape index (κ3) is 2.53. The number of benzene rings is 7. The van der Waals surface area contributed by atoms with Crippen molar-refractivity contribution in [1.82, 2.24) is 4.57 Å². The van der Waals surface area contributed by atoms with Crippen LogP contribution in [0, 0.1) is 0 Å². The Morgan fingerprint density at radius 3 is 1.74 bits per heavy atom. The molecule has 0 fully saturated rings. The normalized spacial score (nSPS) is 12.0. The lowest BCUT2D eigenvalue weighted by atomic mass is 9.94. The average Bonchev–Trinajstić information content (AvgIpc) is 3.29.